The van der Waals surface area contributed by atoms with Crippen LogP contribution in [0.2, 0.25) is 5.02 Å². The second kappa shape index (κ2) is 9.74. The number of halogens is 1. The van der Waals surface area contributed by atoms with Crippen LogP contribution in [0.25, 0.3) is 6.08 Å². The van der Waals surface area contributed by atoms with Gasteiger partial charge in [-0.25, -0.2) is 9.69 Å². The highest BCUT2D eigenvalue weighted by Gasteiger charge is 2.37. The van der Waals surface area contributed by atoms with Crippen molar-refractivity contribution in [3.05, 3.63) is 52.6 Å². The van der Waals surface area contributed by atoms with Gasteiger partial charge in [-0.2, -0.15) is 0 Å². The minimum atomic E-state index is -0.836. The molecule has 0 radical (unpaired) electrons. The topological polar surface area (TPSA) is 94.2 Å². The predicted molar refractivity (Wildman–Crippen MR) is 120 cm³/mol. The number of carbonyl (C=O) groups is 3. The Bertz CT molecular complexity index is 1080. The number of carbonyl (C=O) groups excluding carboxylic acids is 3. The molecule has 32 heavy (non-hydrogen) atoms. The van der Waals surface area contributed by atoms with Crippen LogP contribution in [0.5, 0.6) is 17.2 Å². The molecule has 0 atom stereocenters. The van der Waals surface area contributed by atoms with Gasteiger partial charge in [-0.1, -0.05) is 11.6 Å². The largest absolute Gasteiger partial charge is 0.494 e. The molecule has 2 aromatic carbocycles. The van der Waals surface area contributed by atoms with Gasteiger partial charge in [-0.3, -0.25) is 14.9 Å². The van der Waals surface area contributed by atoms with Crippen molar-refractivity contribution in [1.82, 2.24) is 5.32 Å². The molecule has 2 aromatic rings. The minimum absolute atomic E-state index is 0.134. The Balaban J connectivity index is 1.98. The van der Waals surface area contributed by atoms with Crippen molar-refractivity contribution in [3.63, 3.8) is 0 Å². The van der Waals surface area contributed by atoms with Crippen LogP contribution in [0.1, 0.15) is 26.3 Å². The molecule has 0 bridgehead atoms. The first-order valence-corrected chi connectivity index (χ1v) is 10.3. The van der Waals surface area contributed by atoms with E-state index < -0.39 is 17.8 Å². The van der Waals surface area contributed by atoms with E-state index in [4.69, 9.17) is 25.8 Å². The molecule has 0 unspecified atom stereocenters. The number of amides is 4. The van der Waals surface area contributed by atoms with E-state index in [2.05, 4.69) is 5.32 Å². The number of methoxy groups -OCH3 is 1. The SMILES string of the molecule is CCOc1ccc(N2C(=O)NC(=O)/C(=C\c3cc(Cl)c(OC(C)C)c(OC)c3)C2=O)cc1. The molecule has 1 heterocycles. The molecule has 1 fully saturated rings. The summed E-state index contributed by atoms with van der Waals surface area (Å²) in [6.07, 6.45) is 1.21. The quantitative estimate of drug-likeness (QED) is 0.493. The van der Waals surface area contributed by atoms with E-state index in [0.717, 1.165) is 4.90 Å². The molecule has 1 N–H and O–H groups in total. The van der Waals surface area contributed by atoms with Crippen LogP contribution in [0, 0.1) is 0 Å². The zero-order chi connectivity index (χ0) is 23.4. The van der Waals surface area contributed by atoms with Gasteiger partial charge >= 0.3 is 6.03 Å². The van der Waals surface area contributed by atoms with Crippen LogP contribution >= 0.6 is 11.6 Å². The van der Waals surface area contributed by atoms with Gasteiger partial charge in [0, 0.05) is 0 Å². The predicted octanol–water partition coefficient (Wildman–Crippen LogP) is 4.20. The van der Waals surface area contributed by atoms with Crippen LogP contribution in [-0.4, -0.2) is 37.7 Å². The van der Waals surface area contributed by atoms with E-state index >= 15 is 0 Å². The van der Waals surface area contributed by atoms with E-state index in [1.165, 1.54) is 13.2 Å². The third-order valence-electron chi connectivity index (χ3n) is 4.42. The Labute approximate surface area is 190 Å². The highest BCUT2D eigenvalue weighted by Crippen LogP contribution is 2.38. The smallest absolute Gasteiger partial charge is 0.335 e. The molecule has 0 aromatic heterocycles. The maximum Gasteiger partial charge on any atom is 0.335 e. The van der Waals surface area contributed by atoms with Crippen LogP contribution in [0.4, 0.5) is 10.5 Å². The summed E-state index contributed by atoms with van der Waals surface area (Å²) in [4.78, 5) is 38.8. The molecule has 3 rings (SSSR count). The second-order valence-corrected chi connectivity index (χ2v) is 7.49. The van der Waals surface area contributed by atoms with Gasteiger partial charge in [0.2, 0.25) is 0 Å². The summed E-state index contributed by atoms with van der Waals surface area (Å²) in [5, 5.41) is 2.45. The second-order valence-electron chi connectivity index (χ2n) is 7.09. The van der Waals surface area contributed by atoms with Crippen LogP contribution in [0.3, 0.4) is 0 Å². The molecule has 0 saturated carbocycles. The fraction of sp³-hybridized carbons (Fsp3) is 0.261. The first-order chi connectivity index (χ1) is 15.2. The summed E-state index contributed by atoms with van der Waals surface area (Å²) in [6, 6.07) is 8.70. The number of rotatable bonds is 7. The lowest BCUT2D eigenvalue weighted by Crippen LogP contribution is -2.54. The fourth-order valence-corrected chi connectivity index (χ4v) is 3.35. The lowest BCUT2D eigenvalue weighted by atomic mass is 10.1. The van der Waals surface area contributed by atoms with E-state index in [1.54, 1.807) is 36.4 Å². The van der Waals surface area contributed by atoms with E-state index in [9.17, 15) is 14.4 Å². The van der Waals surface area contributed by atoms with Gasteiger partial charge in [-0.05, 0) is 68.8 Å². The zero-order valence-electron chi connectivity index (χ0n) is 18.1. The zero-order valence-corrected chi connectivity index (χ0v) is 18.9. The van der Waals surface area contributed by atoms with Crippen molar-refractivity contribution in [1.29, 1.82) is 0 Å². The highest BCUT2D eigenvalue weighted by molar-refractivity contribution is 6.39. The third-order valence-corrected chi connectivity index (χ3v) is 4.70. The maximum absolute atomic E-state index is 13.1. The molecule has 1 saturated heterocycles. The molecule has 0 aliphatic carbocycles. The van der Waals surface area contributed by atoms with Crippen molar-refractivity contribution in [3.8, 4) is 17.2 Å². The number of hydrogen-bond acceptors (Lipinski definition) is 6. The van der Waals surface area contributed by atoms with Crippen LogP contribution < -0.4 is 24.4 Å². The van der Waals surface area contributed by atoms with Crippen molar-refractivity contribution in [2.24, 2.45) is 0 Å². The van der Waals surface area contributed by atoms with E-state index in [0.29, 0.717) is 35.1 Å². The molecule has 0 spiro atoms. The fourth-order valence-electron chi connectivity index (χ4n) is 3.09. The number of urea groups is 1. The highest BCUT2D eigenvalue weighted by atomic mass is 35.5. The summed E-state index contributed by atoms with van der Waals surface area (Å²) in [5.74, 6) is -0.267. The van der Waals surface area contributed by atoms with Gasteiger partial charge in [0.25, 0.3) is 11.8 Å². The lowest BCUT2D eigenvalue weighted by molar-refractivity contribution is -0.122. The first-order valence-electron chi connectivity index (χ1n) is 9.93. The normalized spacial score (nSPS) is 15.2. The summed E-state index contributed by atoms with van der Waals surface area (Å²) in [7, 11) is 1.46. The van der Waals surface area contributed by atoms with Crippen molar-refractivity contribution in [2.75, 3.05) is 18.6 Å². The number of anilines is 1. The molecule has 8 nitrogen and oxygen atoms in total. The van der Waals surface area contributed by atoms with Crippen LogP contribution in [0.15, 0.2) is 42.0 Å². The van der Waals surface area contributed by atoms with E-state index in [1.807, 2.05) is 20.8 Å². The Kier molecular flexibility index (Phi) is 7.05. The maximum atomic E-state index is 13.1. The van der Waals surface area contributed by atoms with Crippen molar-refractivity contribution in [2.45, 2.75) is 26.9 Å². The van der Waals surface area contributed by atoms with Crippen LogP contribution in [-0.2, 0) is 9.59 Å². The number of ether oxygens (including phenoxy) is 3. The lowest BCUT2D eigenvalue weighted by Gasteiger charge is -2.26. The van der Waals surface area contributed by atoms with Gasteiger partial charge in [-0.15, -0.1) is 0 Å². The molecule has 168 valence electrons. The standard InChI is InChI=1S/C23H23ClN2O6/c1-5-31-16-8-6-15(7-9-16)26-22(28)17(21(27)25-23(26)29)10-14-11-18(24)20(32-13(2)3)19(12-14)30-4/h6-13H,5H2,1-4H3,(H,25,27,29)/b17-10+. The molecule has 1 aliphatic heterocycles. The van der Waals surface area contributed by atoms with Gasteiger partial charge in [0.1, 0.15) is 11.3 Å². The number of benzene rings is 2. The number of imide groups is 2. The molecule has 1 aliphatic rings. The first kappa shape index (κ1) is 23.1. The summed E-state index contributed by atoms with van der Waals surface area (Å²) in [6.45, 7) is 6.03. The van der Waals surface area contributed by atoms with Gasteiger partial charge in [0.15, 0.2) is 11.5 Å². The average Bonchev–Trinajstić information content (AvgIpc) is 2.73. The summed E-state index contributed by atoms with van der Waals surface area (Å²) in [5.41, 5.74) is 0.502. The molecular weight excluding hydrogens is 436 g/mol. The third kappa shape index (κ3) is 4.86. The molecular formula is C23H23ClN2O6. The Morgan fingerprint density at radius 1 is 1.12 bits per heavy atom. The molecule has 9 heteroatoms. The number of nitrogens with one attached hydrogen (secondary N) is 1. The number of barbiturate groups is 1. The van der Waals surface area contributed by atoms with Gasteiger partial charge in [0.05, 0.1) is 30.5 Å². The van der Waals surface area contributed by atoms with E-state index in [-0.39, 0.29) is 16.7 Å². The monoisotopic (exact) mass is 458 g/mol. The van der Waals surface area contributed by atoms with Crippen molar-refractivity contribution >= 4 is 41.2 Å². The Morgan fingerprint density at radius 3 is 2.41 bits per heavy atom. The average molecular weight is 459 g/mol. The van der Waals surface area contributed by atoms with Crippen molar-refractivity contribution < 1.29 is 28.6 Å². The van der Waals surface area contributed by atoms with Gasteiger partial charge < -0.3 is 14.2 Å². The Hall–Kier alpha value is -3.52. The number of hydrogen-bond donors (Lipinski definition) is 1. The summed E-state index contributed by atoms with van der Waals surface area (Å²) >= 11 is 6.34. The Morgan fingerprint density at radius 2 is 1.81 bits per heavy atom. The minimum Gasteiger partial charge on any atom is -0.494 e. The summed E-state index contributed by atoms with van der Waals surface area (Å²) < 4.78 is 16.4. The molecule has 4 amide bonds. The number of nitrogens with zero attached hydrogens (tertiary/aromatic N) is 1.